The molecule has 8 nitrogen and oxygen atoms in total. The SMILES string of the molecule is Cn1[nH]c(Nc2cccc(-c3ccccc3)c2Cl)c2ncc(=NC(C)(CO)C(=O)O)cc1-2. The van der Waals surface area contributed by atoms with Gasteiger partial charge in [0.15, 0.2) is 11.4 Å². The monoisotopic (exact) mass is 451 g/mol. The fourth-order valence-electron chi connectivity index (χ4n) is 3.36. The highest BCUT2D eigenvalue weighted by Crippen LogP contribution is 2.36. The Hall–Kier alpha value is -3.62. The Labute approximate surface area is 189 Å². The highest BCUT2D eigenvalue weighted by Gasteiger charge is 2.31. The third kappa shape index (κ3) is 3.98. The number of fused-ring (bicyclic) bond motifs is 1. The van der Waals surface area contributed by atoms with E-state index < -0.39 is 18.1 Å². The number of benzene rings is 2. The Morgan fingerprint density at radius 1 is 1.25 bits per heavy atom. The Morgan fingerprint density at radius 2 is 2.00 bits per heavy atom. The second kappa shape index (κ2) is 8.49. The van der Waals surface area contributed by atoms with Crippen LogP contribution in [0.1, 0.15) is 6.92 Å². The molecule has 9 heteroatoms. The van der Waals surface area contributed by atoms with E-state index in [0.717, 1.165) is 11.1 Å². The van der Waals surface area contributed by atoms with Crippen LogP contribution in [0, 0.1) is 0 Å². The highest BCUT2D eigenvalue weighted by molar-refractivity contribution is 6.36. The van der Waals surface area contributed by atoms with Gasteiger partial charge in [-0.1, -0.05) is 54.1 Å². The summed E-state index contributed by atoms with van der Waals surface area (Å²) >= 11 is 6.70. The summed E-state index contributed by atoms with van der Waals surface area (Å²) in [6.07, 6.45) is 1.47. The van der Waals surface area contributed by atoms with E-state index in [-0.39, 0.29) is 0 Å². The molecule has 0 aliphatic carbocycles. The quantitative estimate of drug-likeness (QED) is 0.357. The molecule has 0 fully saturated rings. The van der Waals surface area contributed by atoms with Gasteiger partial charge in [0.25, 0.3) is 0 Å². The molecule has 0 bridgehead atoms. The maximum Gasteiger partial charge on any atom is 0.333 e. The average Bonchev–Trinajstić information content (AvgIpc) is 3.10. The predicted molar refractivity (Wildman–Crippen MR) is 123 cm³/mol. The van der Waals surface area contributed by atoms with E-state index in [4.69, 9.17) is 11.6 Å². The molecular weight excluding hydrogens is 430 g/mol. The van der Waals surface area contributed by atoms with Gasteiger partial charge in [0.05, 0.1) is 34.6 Å². The van der Waals surface area contributed by atoms with E-state index in [0.29, 0.717) is 33.3 Å². The van der Waals surface area contributed by atoms with Gasteiger partial charge in [-0.25, -0.2) is 9.78 Å². The number of aliphatic hydroxyl groups excluding tert-OH is 1. The summed E-state index contributed by atoms with van der Waals surface area (Å²) in [5, 5.41) is 26.2. The minimum atomic E-state index is -1.64. The lowest BCUT2D eigenvalue weighted by Gasteiger charge is -2.16. The minimum absolute atomic E-state index is 0.349. The Kier molecular flexibility index (Phi) is 5.73. The Bertz CT molecular complexity index is 1310. The van der Waals surface area contributed by atoms with Crippen molar-refractivity contribution in [1.29, 1.82) is 0 Å². The van der Waals surface area contributed by atoms with Crippen molar-refractivity contribution < 1.29 is 15.0 Å². The summed E-state index contributed by atoms with van der Waals surface area (Å²) < 4.78 is 1.75. The number of carbonyl (C=O) groups is 1. The average molecular weight is 452 g/mol. The molecule has 2 aromatic rings. The second-order valence-corrected chi connectivity index (χ2v) is 7.99. The molecule has 0 saturated heterocycles. The van der Waals surface area contributed by atoms with Crippen molar-refractivity contribution in [3.63, 3.8) is 0 Å². The number of hydrogen-bond acceptors (Lipinski definition) is 5. The third-order valence-electron chi connectivity index (χ3n) is 5.22. The fraction of sp³-hybridized carbons (Fsp3) is 0.174. The lowest BCUT2D eigenvalue weighted by atomic mass is 10.0. The topological polar surface area (TPSA) is 116 Å². The standard InChI is InChI=1S/C23H22ClN5O3/c1-23(13-30,22(31)32)27-15-11-18-20(25-12-15)21(28-29(18)2)26-17-10-6-9-16(19(17)24)14-7-4-3-5-8-14/h3-12,26,28,30H,13H2,1-2H3,(H,31,32). The summed E-state index contributed by atoms with van der Waals surface area (Å²) in [5.74, 6) is -0.585. The number of halogens is 1. The van der Waals surface area contributed by atoms with Gasteiger partial charge < -0.3 is 15.5 Å². The third-order valence-corrected chi connectivity index (χ3v) is 5.63. The predicted octanol–water partition coefficient (Wildman–Crippen LogP) is 3.65. The number of aliphatic hydroxyl groups is 1. The summed E-state index contributed by atoms with van der Waals surface area (Å²) in [6, 6.07) is 17.4. The number of pyridine rings is 1. The molecule has 0 radical (unpaired) electrons. The normalized spacial score (nSPS) is 13.8. The number of aromatic nitrogens is 3. The number of hydrogen-bond donors (Lipinski definition) is 4. The van der Waals surface area contributed by atoms with Crippen molar-refractivity contribution in [2.75, 3.05) is 11.9 Å². The van der Waals surface area contributed by atoms with Gasteiger partial charge in [-0.3, -0.25) is 14.8 Å². The van der Waals surface area contributed by atoms with Crippen molar-refractivity contribution in [2.24, 2.45) is 12.0 Å². The summed E-state index contributed by atoms with van der Waals surface area (Å²) in [6.45, 7) is 0.730. The molecule has 4 N–H and O–H groups in total. The number of aliphatic carboxylic acids is 1. The zero-order valence-electron chi connectivity index (χ0n) is 17.5. The molecule has 1 atom stereocenters. The van der Waals surface area contributed by atoms with Crippen LogP contribution in [0.5, 0.6) is 0 Å². The van der Waals surface area contributed by atoms with Gasteiger partial charge in [-0.05, 0) is 24.6 Å². The zero-order valence-corrected chi connectivity index (χ0v) is 18.3. The molecule has 2 aliphatic heterocycles. The van der Waals surface area contributed by atoms with Crippen LogP contribution in [-0.2, 0) is 11.8 Å². The first-order valence-corrected chi connectivity index (χ1v) is 10.3. The van der Waals surface area contributed by atoms with Gasteiger partial charge in [0, 0.05) is 12.6 Å². The van der Waals surface area contributed by atoms with E-state index >= 15 is 0 Å². The summed E-state index contributed by atoms with van der Waals surface area (Å²) in [5.41, 5.74) is 2.33. The van der Waals surface area contributed by atoms with Crippen LogP contribution in [0.25, 0.3) is 22.5 Å². The molecule has 164 valence electrons. The molecule has 0 saturated carbocycles. The van der Waals surface area contributed by atoms with Crippen molar-refractivity contribution in [1.82, 2.24) is 14.8 Å². The van der Waals surface area contributed by atoms with Crippen molar-refractivity contribution in [2.45, 2.75) is 12.5 Å². The van der Waals surface area contributed by atoms with Gasteiger partial charge >= 0.3 is 5.97 Å². The molecule has 1 unspecified atom stereocenters. The summed E-state index contributed by atoms with van der Waals surface area (Å²) in [4.78, 5) is 20.1. The lowest BCUT2D eigenvalue weighted by molar-refractivity contribution is -0.144. The molecule has 2 aromatic carbocycles. The van der Waals surface area contributed by atoms with E-state index in [2.05, 4.69) is 20.4 Å². The largest absolute Gasteiger partial charge is 0.479 e. The van der Waals surface area contributed by atoms with Crippen LogP contribution in [-0.4, -0.2) is 43.1 Å². The van der Waals surface area contributed by atoms with Gasteiger partial charge in [-0.2, -0.15) is 0 Å². The molecule has 32 heavy (non-hydrogen) atoms. The fourth-order valence-corrected chi connectivity index (χ4v) is 3.64. The van der Waals surface area contributed by atoms with Gasteiger partial charge in [-0.15, -0.1) is 0 Å². The van der Waals surface area contributed by atoms with Crippen molar-refractivity contribution >= 4 is 29.1 Å². The van der Waals surface area contributed by atoms with E-state index in [9.17, 15) is 15.0 Å². The highest BCUT2D eigenvalue weighted by atomic mass is 35.5. The number of carboxylic acids is 1. The van der Waals surface area contributed by atoms with E-state index in [1.165, 1.54) is 13.1 Å². The van der Waals surface area contributed by atoms with Crippen molar-refractivity contribution in [3.05, 3.63) is 71.2 Å². The first-order chi connectivity index (χ1) is 15.3. The number of aryl methyl sites for hydroxylation is 1. The Balaban J connectivity index is 1.73. The number of nitrogens with one attached hydrogen (secondary N) is 2. The van der Waals surface area contributed by atoms with Crippen LogP contribution in [0.4, 0.5) is 11.5 Å². The smallest absolute Gasteiger partial charge is 0.333 e. The first-order valence-electron chi connectivity index (χ1n) is 9.88. The first kappa shape index (κ1) is 21.6. The molecule has 0 aromatic heterocycles. The molecular formula is C23H22ClN5O3. The van der Waals surface area contributed by atoms with Crippen molar-refractivity contribution in [3.8, 4) is 22.5 Å². The number of anilines is 2. The summed E-state index contributed by atoms with van der Waals surface area (Å²) in [7, 11) is 1.81. The maximum atomic E-state index is 11.4. The Morgan fingerprint density at radius 3 is 2.69 bits per heavy atom. The van der Waals surface area contributed by atoms with Crippen LogP contribution in [0.15, 0.2) is 65.8 Å². The number of carboxylic acid groups (broad SMARTS) is 1. The maximum absolute atomic E-state index is 11.4. The molecule has 0 amide bonds. The van der Waals surface area contributed by atoms with Crippen LogP contribution < -0.4 is 10.7 Å². The number of H-pyrrole nitrogens is 1. The van der Waals surface area contributed by atoms with Gasteiger partial charge in [0.2, 0.25) is 0 Å². The van der Waals surface area contributed by atoms with Crippen LogP contribution in [0.2, 0.25) is 5.02 Å². The second-order valence-electron chi connectivity index (χ2n) is 7.61. The van der Waals surface area contributed by atoms with Crippen LogP contribution >= 0.6 is 11.6 Å². The minimum Gasteiger partial charge on any atom is -0.479 e. The molecule has 4 rings (SSSR count). The van der Waals surface area contributed by atoms with E-state index in [1.54, 1.807) is 10.7 Å². The number of aromatic amines is 1. The molecule has 0 spiro atoms. The van der Waals surface area contributed by atoms with Gasteiger partial charge in [0.1, 0.15) is 5.69 Å². The zero-order chi connectivity index (χ0) is 22.9. The number of nitrogens with zero attached hydrogens (tertiary/aromatic N) is 3. The lowest BCUT2D eigenvalue weighted by Crippen LogP contribution is -2.39. The van der Waals surface area contributed by atoms with E-state index in [1.807, 2.05) is 55.6 Å². The molecule has 2 aliphatic rings. The molecule has 2 heterocycles. The number of rotatable bonds is 6. The van der Waals surface area contributed by atoms with Crippen LogP contribution in [0.3, 0.4) is 0 Å².